The lowest BCUT2D eigenvalue weighted by Crippen LogP contribution is -2.06. The number of nitro groups is 8. The van der Waals surface area contributed by atoms with Crippen molar-refractivity contribution in [2.45, 2.75) is 0 Å². The number of hydrogen-bond donors (Lipinski definition) is 0. The zero-order valence-corrected chi connectivity index (χ0v) is 20.4. The van der Waals surface area contributed by atoms with E-state index in [0.717, 1.165) is 0 Å². The van der Waals surface area contributed by atoms with Crippen LogP contribution in [0.15, 0.2) is 36.4 Å². The van der Waals surface area contributed by atoms with Crippen molar-refractivity contribution in [1.82, 2.24) is 0 Å². The molecule has 3 aromatic rings. The molecule has 3 rings (SSSR count). The minimum atomic E-state index is -1.76. The number of hydrogen-bond acceptors (Lipinski definition) is 18. The smallest absolute Gasteiger partial charge is 0.391 e. The Bertz CT molecular complexity index is 1790. The van der Waals surface area contributed by atoms with E-state index in [4.69, 9.17) is 9.47 Å². The van der Waals surface area contributed by atoms with Crippen LogP contribution >= 0.6 is 0 Å². The standard InChI is InChI=1S/C18H6N8O18/c27-19(28)7-3-10(22(33)34)16(11(4-7)23(35)36)43-14-2-1-9(21(31)32)15(26(41)42)18(14)44-17-12(24(37)38)5-8(20(29)30)6-13(17)25(39)40/h1-6H. The number of rotatable bonds is 12. The number of nitro benzene ring substituents is 8. The fraction of sp³-hybridized carbons (Fsp3) is 0. The highest BCUT2D eigenvalue weighted by molar-refractivity contribution is 5.74. The zero-order chi connectivity index (χ0) is 33.2. The van der Waals surface area contributed by atoms with Crippen LogP contribution in [0.2, 0.25) is 0 Å². The van der Waals surface area contributed by atoms with Gasteiger partial charge in [-0.3, -0.25) is 80.9 Å². The lowest BCUT2D eigenvalue weighted by molar-refractivity contribution is -0.423. The van der Waals surface area contributed by atoms with Crippen LogP contribution in [0.3, 0.4) is 0 Å². The van der Waals surface area contributed by atoms with Gasteiger partial charge < -0.3 is 9.47 Å². The predicted octanol–water partition coefficient (Wildman–Crippen LogP) is 4.54. The average Bonchev–Trinajstić information content (AvgIpc) is 2.92. The minimum absolute atomic E-state index is 0.123. The van der Waals surface area contributed by atoms with Crippen LogP contribution in [-0.4, -0.2) is 39.4 Å². The summed E-state index contributed by atoms with van der Waals surface area (Å²) in [6, 6.07) is 1.31. The van der Waals surface area contributed by atoms with Gasteiger partial charge in [-0.05, 0) is 6.07 Å². The fourth-order valence-electron chi connectivity index (χ4n) is 3.39. The highest BCUT2D eigenvalue weighted by Gasteiger charge is 2.41. The van der Waals surface area contributed by atoms with Crippen LogP contribution < -0.4 is 9.47 Å². The van der Waals surface area contributed by atoms with Gasteiger partial charge in [-0.15, -0.1) is 0 Å². The van der Waals surface area contributed by atoms with Crippen molar-refractivity contribution in [2.24, 2.45) is 0 Å². The van der Waals surface area contributed by atoms with Crippen molar-refractivity contribution in [1.29, 1.82) is 0 Å². The van der Waals surface area contributed by atoms with E-state index in [0.29, 0.717) is 12.1 Å². The molecule has 0 spiro atoms. The molecule has 0 unspecified atom stereocenters. The summed E-state index contributed by atoms with van der Waals surface area (Å²) >= 11 is 0. The molecule has 0 saturated carbocycles. The largest absolute Gasteiger partial charge is 0.440 e. The van der Waals surface area contributed by atoms with Crippen molar-refractivity contribution in [2.75, 3.05) is 0 Å². The van der Waals surface area contributed by atoms with Crippen LogP contribution in [-0.2, 0) is 0 Å². The molecule has 0 amide bonds. The average molecular weight is 622 g/mol. The summed E-state index contributed by atoms with van der Waals surface area (Å²) in [6.45, 7) is 0. The first-order chi connectivity index (χ1) is 20.5. The van der Waals surface area contributed by atoms with Gasteiger partial charge in [0.25, 0.3) is 28.6 Å². The normalized spacial score (nSPS) is 10.4. The third kappa shape index (κ3) is 5.81. The van der Waals surface area contributed by atoms with Crippen molar-refractivity contribution >= 4 is 45.5 Å². The van der Waals surface area contributed by atoms with Crippen molar-refractivity contribution in [3.05, 3.63) is 117 Å². The summed E-state index contributed by atoms with van der Waals surface area (Å²) in [6.07, 6.45) is 0. The van der Waals surface area contributed by atoms with Gasteiger partial charge in [0, 0.05) is 6.07 Å². The van der Waals surface area contributed by atoms with Crippen molar-refractivity contribution in [3.8, 4) is 23.0 Å². The third-order valence-corrected chi connectivity index (χ3v) is 5.15. The van der Waals surface area contributed by atoms with Gasteiger partial charge in [0.05, 0.1) is 63.7 Å². The molecule has 0 saturated heterocycles. The molecule has 0 aromatic heterocycles. The van der Waals surface area contributed by atoms with Crippen molar-refractivity contribution < 1.29 is 48.9 Å². The molecular weight excluding hydrogens is 616 g/mol. The van der Waals surface area contributed by atoms with E-state index >= 15 is 0 Å². The fourth-order valence-corrected chi connectivity index (χ4v) is 3.39. The maximum atomic E-state index is 11.9. The first-order valence-electron chi connectivity index (χ1n) is 10.5. The van der Waals surface area contributed by atoms with E-state index in [2.05, 4.69) is 0 Å². The van der Waals surface area contributed by atoms with E-state index in [1.807, 2.05) is 0 Å². The molecule has 44 heavy (non-hydrogen) atoms. The molecular formula is C18H6N8O18. The number of ether oxygens (including phenoxy) is 2. The summed E-state index contributed by atoms with van der Waals surface area (Å²) in [4.78, 5) is 81.1. The second-order valence-electron chi connectivity index (χ2n) is 7.65. The molecule has 0 heterocycles. The molecule has 0 aliphatic heterocycles. The summed E-state index contributed by atoms with van der Waals surface area (Å²) in [5.74, 6) is -5.99. The van der Waals surface area contributed by atoms with Crippen LogP contribution in [0.5, 0.6) is 23.0 Å². The minimum Gasteiger partial charge on any atom is -0.440 e. The first kappa shape index (κ1) is 31.0. The second-order valence-corrected chi connectivity index (χ2v) is 7.65. The van der Waals surface area contributed by atoms with Crippen LogP contribution in [0, 0.1) is 80.9 Å². The Kier molecular flexibility index (Phi) is 8.11. The lowest BCUT2D eigenvalue weighted by atomic mass is 10.2. The lowest BCUT2D eigenvalue weighted by Gasteiger charge is -2.13. The molecule has 3 aromatic carbocycles. The topological polar surface area (TPSA) is 364 Å². The number of nitrogens with zero attached hydrogens (tertiary/aromatic N) is 8. The first-order valence-corrected chi connectivity index (χ1v) is 10.5. The molecule has 0 atom stereocenters. The van der Waals surface area contributed by atoms with Gasteiger partial charge in [0.2, 0.25) is 0 Å². The van der Waals surface area contributed by atoms with E-state index in [-0.39, 0.29) is 24.3 Å². The Morgan fingerprint density at radius 1 is 0.386 bits per heavy atom. The molecule has 0 radical (unpaired) electrons. The molecule has 26 nitrogen and oxygen atoms in total. The summed E-state index contributed by atoms with van der Waals surface area (Å²) in [5.41, 5.74) is -11.8. The van der Waals surface area contributed by atoms with Gasteiger partial charge >= 0.3 is 34.1 Å². The maximum absolute atomic E-state index is 11.9. The molecule has 0 bridgehead atoms. The molecule has 26 heteroatoms. The quantitative estimate of drug-likeness (QED) is 0.197. The van der Waals surface area contributed by atoms with Crippen molar-refractivity contribution in [3.63, 3.8) is 0 Å². The Hall–Kier alpha value is -7.54. The SMILES string of the molecule is O=[N+]([O-])c1cc([N+](=O)[O-])c(Oc2ccc([N+](=O)[O-])c([N+](=O)[O-])c2Oc2c([N+](=O)[O-])cc([N+](=O)[O-])cc2[N+](=O)[O-])c([N+](=O)[O-])c1. The molecule has 0 fully saturated rings. The number of non-ortho nitro benzene ring substituents is 2. The molecule has 0 N–H and O–H groups in total. The number of benzene rings is 3. The Labute approximate surface area is 235 Å². The monoisotopic (exact) mass is 622 g/mol. The zero-order valence-electron chi connectivity index (χ0n) is 20.4. The van der Waals surface area contributed by atoms with Gasteiger partial charge in [-0.25, -0.2) is 0 Å². The van der Waals surface area contributed by atoms with Gasteiger partial charge in [-0.2, -0.15) is 0 Å². The molecule has 226 valence electrons. The summed E-state index contributed by atoms with van der Waals surface area (Å²) in [7, 11) is 0. The van der Waals surface area contributed by atoms with Crippen LogP contribution in [0.25, 0.3) is 0 Å². The Balaban J connectivity index is 2.48. The van der Waals surface area contributed by atoms with Crippen LogP contribution in [0.4, 0.5) is 45.5 Å². The summed E-state index contributed by atoms with van der Waals surface area (Å²) < 4.78 is 10.1. The third-order valence-electron chi connectivity index (χ3n) is 5.15. The van der Waals surface area contributed by atoms with Gasteiger partial charge in [-0.1, -0.05) is 0 Å². The van der Waals surface area contributed by atoms with E-state index in [9.17, 15) is 80.9 Å². The van der Waals surface area contributed by atoms with E-state index in [1.54, 1.807) is 0 Å². The van der Waals surface area contributed by atoms with Gasteiger partial charge in [0.1, 0.15) is 0 Å². The Morgan fingerprint density at radius 3 is 1.02 bits per heavy atom. The summed E-state index contributed by atoms with van der Waals surface area (Å²) in [5, 5.41) is 92.3. The molecule has 0 aliphatic carbocycles. The second kappa shape index (κ2) is 11.5. The maximum Gasteiger partial charge on any atom is 0.391 e. The van der Waals surface area contributed by atoms with E-state index < -0.39 is 108 Å². The Morgan fingerprint density at radius 2 is 0.727 bits per heavy atom. The van der Waals surface area contributed by atoms with Gasteiger partial charge in [0.15, 0.2) is 5.75 Å². The van der Waals surface area contributed by atoms with Crippen LogP contribution in [0.1, 0.15) is 0 Å². The highest BCUT2D eigenvalue weighted by atomic mass is 16.7. The highest BCUT2D eigenvalue weighted by Crippen LogP contribution is 2.53. The predicted molar refractivity (Wildman–Crippen MR) is 133 cm³/mol. The molecule has 0 aliphatic rings. The van der Waals surface area contributed by atoms with E-state index in [1.165, 1.54) is 0 Å².